The number of hydrogen-bond acceptors (Lipinski definition) is 3. The molecule has 0 aromatic carbocycles. The van der Waals surface area contributed by atoms with E-state index in [0.717, 1.165) is 0 Å². The first-order chi connectivity index (χ1) is 8.60. The minimum Gasteiger partial charge on any atom is -0.244 e. The van der Waals surface area contributed by atoms with E-state index in [1.165, 1.54) is 20.8 Å². The minimum absolute atomic E-state index is 0.161. The summed E-state index contributed by atoms with van der Waals surface area (Å²) in [4.78, 5) is 0. The van der Waals surface area contributed by atoms with Gasteiger partial charge in [-0.1, -0.05) is 20.8 Å². The molecule has 0 aromatic rings. The molecule has 0 fully saturated rings. The Hall–Kier alpha value is -0.510. The van der Waals surface area contributed by atoms with Gasteiger partial charge in [0, 0.05) is 0 Å². The third-order valence-electron chi connectivity index (χ3n) is 2.88. The van der Waals surface area contributed by atoms with E-state index in [2.05, 4.69) is 4.18 Å². The standard InChI is InChI=1S/C10H16F6O3S/c1-5-7(6(2)3)20(17,18)19-8(4,9(11,12)13)10(14,15)16/h6-7H,5H2,1-4H3. The second-order valence-electron chi connectivity index (χ2n) is 4.80. The van der Waals surface area contributed by atoms with Gasteiger partial charge in [-0.2, -0.15) is 34.8 Å². The molecule has 122 valence electrons. The van der Waals surface area contributed by atoms with Crippen LogP contribution in [0, 0.1) is 5.92 Å². The summed E-state index contributed by atoms with van der Waals surface area (Å²) < 4.78 is 103. The average Bonchev–Trinajstić information content (AvgIpc) is 2.12. The summed E-state index contributed by atoms with van der Waals surface area (Å²) in [5.41, 5.74) is -4.76. The molecule has 0 aliphatic rings. The minimum atomic E-state index is -5.91. The van der Waals surface area contributed by atoms with Gasteiger partial charge in [0.05, 0.1) is 5.25 Å². The molecule has 0 bridgehead atoms. The van der Waals surface area contributed by atoms with Gasteiger partial charge in [-0.05, 0) is 19.3 Å². The van der Waals surface area contributed by atoms with Crippen LogP contribution in [-0.4, -0.2) is 31.6 Å². The molecule has 0 aromatic heterocycles. The van der Waals surface area contributed by atoms with E-state index in [4.69, 9.17) is 0 Å². The van der Waals surface area contributed by atoms with Gasteiger partial charge in [0.15, 0.2) is 0 Å². The van der Waals surface area contributed by atoms with Crippen molar-refractivity contribution in [2.45, 2.75) is 57.3 Å². The van der Waals surface area contributed by atoms with Crippen molar-refractivity contribution >= 4 is 10.1 Å². The third kappa shape index (κ3) is 3.78. The van der Waals surface area contributed by atoms with Crippen LogP contribution in [0.1, 0.15) is 34.1 Å². The Balaban J connectivity index is 5.74. The topological polar surface area (TPSA) is 43.4 Å². The van der Waals surface area contributed by atoms with Gasteiger partial charge in [-0.25, -0.2) is 4.18 Å². The van der Waals surface area contributed by atoms with Crippen molar-refractivity contribution in [3.8, 4) is 0 Å². The Morgan fingerprint density at radius 1 is 1.00 bits per heavy atom. The molecular formula is C10H16F6O3S. The number of alkyl halides is 6. The molecular weight excluding hydrogens is 314 g/mol. The van der Waals surface area contributed by atoms with E-state index in [0.29, 0.717) is 0 Å². The molecule has 0 aliphatic heterocycles. The highest BCUT2D eigenvalue weighted by molar-refractivity contribution is 7.87. The van der Waals surface area contributed by atoms with Crippen LogP contribution in [0.3, 0.4) is 0 Å². The van der Waals surface area contributed by atoms with Crippen LogP contribution in [0.4, 0.5) is 26.3 Å². The molecule has 1 atom stereocenters. The molecule has 0 radical (unpaired) electrons. The second kappa shape index (κ2) is 5.70. The van der Waals surface area contributed by atoms with Crippen molar-refractivity contribution in [1.29, 1.82) is 0 Å². The van der Waals surface area contributed by atoms with E-state index >= 15 is 0 Å². The van der Waals surface area contributed by atoms with Gasteiger partial charge in [-0.3, -0.25) is 0 Å². The molecule has 0 rings (SSSR count). The predicted molar refractivity (Wildman–Crippen MR) is 59.4 cm³/mol. The Labute approximate surface area is 113 Å². The smallest absolute Gasteiger partial charge is 0.244 e. The predicted octanol–water partition coefficient (Wildman–Crippen LogP) is 3.65. The van der Waals surface area contributed by atoms with Crippen LogP contribution in [-0.2, 0) is 14.3 Å². The maximum absolute atomic E-state index is 12.6. The van der Waals surface area contributed by atoms with Crippen molar-refractivity contribution in [3.63, 3.8) is 0 Å². The van der Waals surface area contributed by atoms with Crippen molar-refractivity contribution in [2.75, 3.05) is 0 Å². The average molecular weight is 330 g/mol. The Morgan fingerprint density at radius 3 is 1.55 bits per heavy atom. The quantitative estimate of drug-likeness (QED) is 0.571. The molecule has 0 heterocycles. The lowest BCUT2D eigenvalue weighted by molar-refractivity contribution is -0.349. The SMILES string of the molecule is CCC(C(C)C)S(=O)(=O)OC(C)(C(F)(F)F)C(F)(F)F. The van der Waals surface area contributed by atoms with Crippen molar-refractivity contribution in [1.82, 2.24) is 0 Å². The second-order valence-corrected chi connectivity index (χ2v) is 6.55. The lowest BCUT2D eigenvalue weighted by atomic mass is 10.1. The summed E-state index contributed by atoms with van der Waals surface area (Å²) in [5, 5.41) is -1.45. The van der Waals surface area contributed by atoms with Crippen molar-refractivity contribution < 1.29 is 38.9 Å². The number of hydrogen-bond donors (Lipinski definition) is 0. The van der Waals surface area contributed by atoms with E-state index in [-0.39, 0.29) is 13.3 Å². The van der Waals surface area contributed by atoms with E-state index in [9.17, 15) is 34.8 Å². The maximum atomic E-state index is 12.6. The summed E-state index contributed by atoms with van der Waals surface area (Å²) in [6, 6.07) is 0. The summed E-state index contributed by atoms with van der Waals surface area (Å²) in [6.07, 6.45) is -12.0. The number of rotatable bonds is 5. The van der Waals surface area contributed by atoms with Crippen LogP contribution < -0.4 is 0 Å². The van der Waals surface area contributed by atoms with Gasteiger partial charge in [-0.15, -0.1) is 0 Å². The first-order valence-corrected chi connectivity index (χ1v) is 7.15. The molecule has 0 saturated carbocycles. The summed E-state index contributed by atoms with van der Waals surface area (Å²) in [7, 11) is -5.04. The first kappa shape index (κ1) is 19.5. The zero-order valence-corrected chi connectivity index (χ0v) is 12.1. The first-order valence-electron chi connectivity index (χ1n) is 5.68. The highest BCUT2D eigenvalue weighted by Gasteiger charge is 2.71. The zero-order chi connectivity index (χ0) is 16.6. The van der Waals surface area contributed by atoms with Crippen LogP contribution in [0.2, 0.25) is 0 Å². The lowest BCUT2D eigenvalue weighted by Gasteiger charge is -2.34. The van der Waals surface area contributed by atoms with Gasteiger partial charge in [0.1, 0.15) is 0 Å². The summed E-state index contributed by atoms with van der Waals surface area (Å²) in [6.45, 7) is 3.74. The third-order valence-corrected chi connectivity index (χ3v) is 5.07. The Morgan fingerprint density at radius 2 is 1.35 bits per heavy atom. The zero-order valence-electron chi connectivity index (χ0n) is 11.3. The fraction of sp³-hybridized carbons (Fsp3) is 1.00. The van der Waals surface area contributed by atoms with Gasteiger partial charge < -0.3 is 0 Å². The van der Waals surface area contributed by atoms with Crippen molar-refractivity contribution in [2.24, 2.45) is 5.92 Å². The van der Waals surface area contributed by atoms with Crippen LogP contribution in [0.25, 0.3) is 0 Å². The lowest BCUT2D eigenvalue weighted by Crippen LogP contribution is -2.58. The fourth-order valence-corrected chi connectivity index (χ4v) is 3.41. The highest BCUT2D eigenvalue weighted by Crippen LogP contribution is 2.47. The number of halogens is 6. The van der Waals surface area contributed by atoms with Crippen LogP contribution in [0.5, 0.6) is 0 Å². The summed E-state index contributed by atoms with van der Waals surface area (Å²) in [5.74, 6) is -0.685. The fourth-order valence-electron chi connectivity index (χ4n) is 1.56. The molecule has 0 N–H and O–H groups in total. The van der Waals surface area contributed by atoms with Gasteiger partial charge in [0.2, 0.25) is 0 Å². The maximum Gasteiger partial charge on any atom is 0.427 e. The molecule has 0 spiro atoms. The van der Waals surface area contributed by atoms with E-state index < -0.39 is 39.2 Å². The highest BCUT2D eigenvalue weighted by atomic mass is 32.2. The Bertz CT molecular complexity index is 409. The van der Waals surface area contributed by atoms with Gasteiger partial charge >= 0.3 is 12.4 Å². The Kier molecular flexibility index (Phi) is 5.56. The van der Waals surface area contributed by atoms with Gasteiger partial charge in [0.25, 0.3) is 15.7 Å². The molecule has 20 heavy (non-hydrogen) atoms. The monoisotopic (exact) mass is 330 g/mol. The molecule has 3 nitrogen and oxygen atoms in total. The van der Waals surface area contributed by atoms with Crippen LogP contribution in [0.15, 0.2) is 0 Å². The van der Waals surface area contributed by atoms with E-state index in [1.807, 2.05) is 0 Å². The normalized spacial score (nSPS) is 16.6. The molecule has 0 amide bonds. The largest absolute Gasteiger partial charge is 0.427 e. The molecule has 10 heteroatoms. The van der Waals surface area contributed by atoms with Crippen molar-refractivity contribution in [3.05, 3.63) is 0 Å². The summed E-state index contributed by atoms with van der Waals surface area (Å²) >= 11 is 0. The van der Waals surface area contributed by atoms with Crippen LogP contribution >= 0.6 is 0 Å². The molecule has 0 saturated heterocycles. The molecule has 0 aliphatic carbocycles. The van der Waals surface area contributed by atoms with E-state index in [1.54, 1.807) is 0 Å². The molecule has 1 unspecified atom stereocenters.